The van der Waals surface area contributed by atoms with Crippen molar-refractivity contribution in [2.75, 3.05) is 0 Å². The predicted molar refractivity (Wildman–Crippen MR) is 64.6 cm³/mol. The monoisotopic (exact) mass is 186 g/mol. The zero-order chi connectivity index (χ0) is 10.0. The van der Waals surface area contributed by atoms with Gasteiger partial charge >= 0.3 is 0 Å². The van der Waals surface area contributed by atoms with Gasteiger partial charge in [0.1, 0.15) is 7.85 Å². The summed E-state index contributed by atoms with van der Waals surface area (Å²) in [6.45, 7) is 2.33. The molecular weight excluding hydrogens is 167 g/mol. The topological polar surface area (TPSA) is 0 Å². The first-order valence-electron chi connectivity index (χ1n) is 5.80. The molecule has 0 N–H and O–H groups in total. The van der Waals surface area contributed by atoms with Crippen molar-refractivity contribution in [3.8, 4) is 0 Å². The molecule has 0 aliphatic heterocycles. The van der Waals surface area contributed by atoms with Crippen LogP contribution in [0.5, 0.6) is 0 Å². The molecule has 0 heterocycles. The van der Waals surface area contributed by atoms with E-state index in [0.717, 1.165) is 0 Å². The lowest BCUT2D eigenvalue weighted by atomic mass is 9.61. The Kier molecular flexibility index (Phi) is 2.67. The summed E-state index contributed by atoms with van der Waals surface area (Å²) in [6, 6.07) is 8.97. The molecule has 1 aliphatic rings. The van der Waals surface area contributed by atoms with Crippen LogP contribution in [0.2, 0.25) is 5.31 Å². The van der Waals surface area contributed by atoms with Crippen LogP contribution in [0.3, 0.4) is 0 Å². The van der Waals surface area contributed by atoms with E-state index < -0.39 is 0 Å². The molecule has 1 aromatic carbocycles. The molecule has 0 nitrogen and oxygen atoms in total. The molecular formula is C13H19B. The molecule has 1 unspecified atom stereocenters. The number of hydrogen-bond donors (Lipinski definition) is 0. The molecule has 0 aromatic heterocycles. The third-order valence-electron chi connectivity index (χ3n) is 3.82. The second-order valence-electron chi connectivity index (χ2n) is 4.96. The van der Waals surface area contributed by atoms with E-state index in [9.17, 15) is 0 Å². The second kappa shape index (κ2) is 3.80. The van der Waals surface area contributed by atoms with E-state index in [-0.39, 0.29) is 0 Å². The Morgan fingerprint density at radius 1 is 1.29 bits per heavy atom. The van der Waals surface area contributed by atoms with Crippen LogP contribution in [0.4, 0.5) is 0 Å². The number of rotatable bonds is 1. The second-order valence-corrected chi connectivity index (χ2v) is 4.96. The van der Waals surface area contributed by atoms with Gasteiger partial charge in [-0.3, -0.25) is 0 Å². The SMILES string of the molecule is BC1(CC)CCCc2ccccc2C1. The molecule has 0 fully saturated rings. The Hall–Kier alpha value is -0.715. The van der Waals surface area contributed by atoms with E-state index in [2.05, 4.69) is 39.0 Å². The highest BCUT2D eigenvalue weighted by Gasteiger charge is 2.25. The highest BCUT2D eigenvalue weighted by molar-refractivity contribution is 6.15. The van der Waals surface area contributed by atoms with Crippen molar-refractivity contribution in [3.05, 3.63) is 35.4 Å². The highest BCUT2D eigenvalue weighted by Crippen LogP contribution is 2.40. The van der Waals surface area contributed by atoms with Crippen LogP contribution in [0.15, 0.2) is 24.3 Å². The highest BCUT2D eigenvalue weighted by atomic mass is 14.3. The number of hydrogen-bond acceptors (Lipinski definition) is 0. The van der Waals surface area contributed by atoms with Gasteiger partial charge in [0, 0.05) is 0 Å². The maximum absolute atomic E-state index is 2.44. The molecule has 0 amide bonds. The Balaban J connectivity index is 2.31. The normalized spacial score (nSPS) is 26.6. The van der Waals surface area contributed by atoms with Crippen molar-refractivity contribution in [3.63, 3.8) is 0 Å². The smallest absolute Gasteiger partial charge is 0.0655 e. The Morgan fingerprint density at radius 2 is 2.00 bits per heavy atom. The van der Waals surface area contributed by atoms with Gasteiger partial charge in [0.2, 0.25) is 0 Å². The lowest BCUT2D eigenvalue weighted by molar-refractivity contribution is 0.491. The molecule has 1 atom stereocenters. The average Bonchev–Trinajstić information content (AvgIpc) is 2.37. The van der Waals surface area contributed by atoms with Crippen molar-refractivity contribution >= 4 is 7.85 Å². The molecule has 2 rings (SSSR count). The molecule has 74 valence electrons. The van der Waals surface area contributed by atoms with Crippen LogP contribution >= 0.6 is 0 Å². The average molecular weight is 186 g/mol. The van der Waals surface area contributed by atoms with Crippen molar-refractivity contribution in [1.29, 1.82) is 0 Å². The molecule has 0 spiro atoms. The summed E-state index contributed by atoms with van der Waals surface area (Å²) in [6.07, 6.45) is 6.62. The van der Waals surface area contributed by atoms with Crippen molar-refractivity contribution in [2.24, 2.45) is 0 Å². The van der Waals surface area contributed by atoms with E-state index in [1.54, 1.807) is 11.1 Å². The third-order valence-corrected chi connectivity index (χ3v) is 3.82. The van der Waals surface area contributed by atoms with Crippen LogP contribution in [0.1, 0.15) is 37.3 Å². The summed E-state index contributed by atoms with van der Waals surface area (Å²) in [5.74, 6) is 0. The molecule has 1 heteroatoms. The minimum atomic E-state index is 0.548. The first kappa shape index (κ1) is 9.83. The zero-order valence-corrected chi connectivity index (χ0v) is 9.34. The van der Waals surface area contributed by atoms with Gasteiger partial charge in [-0.1, -0.05) is 49.3 Å². The fraction of sp³-hybridized carbons (Fsp3) is 0.538. The number of aryl methyl sites for hydroxylation is 1. The largest absolute Gasteiger partial charge is 0.109 e. The minimum absolute atomic E-state index is 0.548. The number of benzene rings is 1. The summed E-state index contributed by atoms with van der Waals surface area (Å²) in [5, 5.41) is 0.548. The number of fused-ring (bicyclic) bond motifs is 1. The molecule has 0 bridgehead atoms. The Labute approximate surface area is 88.1 Å². The van der Waals surface area contributed by atoms with Crippen LogP contribution in [0.25, 0.3) is 0 Å². The van der Waals surface area contributed by atoms with Gasteiger partial charge in [0.15, 0.2) is 0 Å². The lowest BCUT2D eigenvalue weighted by Crippen LogP contribution is -2.13. The fourth-order valence-corrected chi connectivity index (χ4v) is 2.53. The van der Waals surface area contributed by atoms with Crippen molar-refractivity contribution in [2.45, 2.75) is 44.3 Å². The van der Waals surface area contributed by atoms with E-state index >= 15 is 0 Å². The van der Waals surface area contributed by atoms with E-state index in [0.29, 0.717) is 5.31 Å². The van der Waals surface area contributed by atoms with Gasteiger partial charge in [0.25, 0.3) is 0 Å². The Morgan fingerprint density at radius 3 is 2.71 bits per heavy atom. The lowest BCUT2D eigenvalue weighted by Gasteiger charge is -2.26. The summed E-state index contributed by atoms with van der Waals surface area (Å²) < 4.78 is 0. The standard InChI is InChI=1S/C13H19B/c1-2-13(14)9-5-8-11-6-3-4-7-12(11)10-13/h3-4,6-7H,2,5,8-10,14H2,1H3. The van der Waals surface area contributed by atoms with E-state index in [4.69, 9.17) is 0 Å². The van der Waals surface area contributed by atoms with Crippen molar-refractivity contribution < 1.29 is 0 Å². The maximum atomic E-state index is 2.44. The van der Waals surface area contributed by atoms with Crippen molar-refractivity contribution in [1.82, 2.24) is 0 Å². The zero-order valence-electron chi connectivity index (χ0n) is 9.34. The van der Waals surface area contributed by atoms with Gasteiger partial charge in [0.05, 0.1) is 0 Å². The van der Waals surface area contributed by atoms with Gasteiger partial charge in [-0.25, -0.2) is 0 Å². The molecule has 1 aliphatic carbocycles. The minimum Gasteiger partial charge on any atom is -0.0655 e. The van der Waals surface area contributed by atoms with Gasteiger partial charge in [-0.05, 0) is 30.4 Å². The molecule has 14 heavy (non-hydrogen) atoms. The van der Waals surface area contributed by atoms with Crippen LogP contribution < -0.4 is 0 Å². The Bertz CT molecular complexity index is 319. The summed E-state index contributed by atoms with van der Waals surface area (Å²) >= 11 is 0. The van der Waals surface area contributed by atoms with Gasteiger partial charge < -0.3 is 0 Å². The van der Waals surface area contributed by atoms with E-state index in [1.807, 2.05) is 0 Å². The third kappa shape index (κ3) is 1.87. The molecule has 1 aromatic rings. The molecule has 0 radical (unpaired) electrons. The molecule has 0 saturated heterocycles. The first-order chi connectivity index (χ1) is 6.73. The summed E-state index contributed by atoms with van der Waals surface area (Å²) in [7, 11) is 2.44. The molecule has 0 saturated carbocycles. The quantitative estimate of drug-likeness (QED) is 0.467. The van der Waals surface area contributed by atoms with E-state index in [1.165, 1.54) is 32.1 Å². The fourth-order valence-electron chi connectivity index (χ4n) is 2.53. The summed E-state index contributed by atoms with van der Waals surface area (Å²) in [4.78, 5) is 0. The van der Waals surface area contributed by atoms with Gasteiger partial charge in [-0.15, -0.1) is 0 Å². The van der Waals surface area contributed by atoms with Gasteiger partial charge in [-0.2, -0.15) is 0 Å². The van der Waals surface area contributed by atoms with Crippen LogP contribution in [0, 0.1) is 0 Å². The summed E-state index contributed by atoms with van der Waals surface area (Å²) in [5.41, 5.74) is 3.18. The maximum Gasteiger partial charge on any atom is 0.109 e. The predicted octanol–water partition coefficient (Wildman–Crippen LogP) is 2.77. The first-order valence-corrected chi connectivity index (χ1v) is 5.80. The van der Waals surface area contributed by atoms with Crippen LogP contribution in [-0.4, -0.2) is 7.85 Å². The van der Waals surface area contributed by atoms with Crippen LogP contribution in [-0.2, 0) is 12.8 Å².